The minimum atomic E-state index is -4.43. The first-order chi connectivity index (χ1) is 12.1. The quantitative estimate of drug-likeness (QED) is 0.669. The molecule has 0 aliphatic rings. The van der Waals surface area contributed by atoms with Crippen LogP contribution in [0.5, 0.6) is 0 Å². The Bertz CT molecular complexity index is 731. The Kier molecular flexibility index (Phi) is 8.06. The lowest BCUT2D eigenvalue weighted by Gasteiger charge is -2.12. The number of hydrogen-bond acceptors (Lipinski definition) is 6. The van der Waals surface area contributed by atoms with E-state index < -0.39 is 23.8 Å². The van der Waals surface area contributed by atoms with Crippen LogP contribution in [0.1, 0.15) is 25.2 Å². The number of carboxylic acid groups (broad SMARTS) is 1. The summed E-state index contributed by atoms with van der Waals surface area (Å²) in [6, 6.07) is 4.87. The van der Waals surface area contributed by atoms with Crippen LogP contribution < -0.4 is 5.73 Å². The Balaban J connectivity index is 0.000000765. The zero-order valence-corrected chi connectivity index (χ0v) is 14.9. The molecule has 1 aromatic heterocycles. The minimum absolute atomic E-state index is 0.0402. The number of benzene rings is 1. The third kappa shape index (κ3) is 6.65. The number of halogens is 3. The van der Waals surface area contributed by atoms with Crippen LogP contribution in [0.2, 0.25) is 0 Å². The largest absolute Gasteiger partial charge is 0.481 e. The van der Waals surface area contributed by atoms with E-state index >= 15 is 0 Å². The summed E-state index contributed by atoms with van der Waals surface area (Å²) >= 11 is 1.20. The number of hydrogen-bond donors (Lipinski definition) is 3. The predicted molar refractivity (Wildman–Crippen MR) is 90.0 cm³/mol. The first-order valence-corrected chi connectivity index (χ1v) is 8.37. The van der Waals surface area contributed by atoms with Crippen molar-refractivity contribution in [2.75, 3.05) is 5.75 Å². The number of carbonyl (C=O) groups is 1. The predicted octanol–water partition coefficient (Wildman–Crippen LogP) is 2.31. The van der Waals surface area contributed by atoms with Crippen LogP contribution in [-0.2, 0) is 17.5 Å². The molecule has 1 atom stereocenters. The van der Waals surface area contributed by atoms with E-state index in [0.29, 0.717) is 16.7 Å². The molecule has 1 heterocycles. The standard InChI is InChI=1S/C13H15F3N4OS.C2H4O2/c1-8(21)7-22-12-19-18-11(6-17)20(12)10-4-2-3-9(5-10)13(14,15)16;1-2(3)4/h2-5,8,21H,6-7,17H2,1H3;1H3,(H,3,4). The molecule has 7 nitrogen and oxygen atoms in total. The molecule has 1 unspecified atom stereocenters. The molecule has 2 aromatic rings. The number of rotatable bonds is 5. The number of thioether (sulfide) groups is 1. The van der Waals surface area contributed by atoms with Crippen molar-refractivity contribution in [3.05, 3.63) is 35.7 Å². The van der Waals surface area contributed by atoms with Crippen molar-refractivity contribution in [3.63, 3.8) is 0 Å². The highest BCUT2D eigenvalue weighted by Crippen LogP contribution is 2.31. The van der Waals surface area contributed by atoms with Gasteiger partial charge in [-0.2, -0.15) is 13.2 Å². The molecule has 0 spiro atoms. The van der Waals surface area contributed by atoms with Gasteiger partial charge in [0, 0.05) is 12.7 Å². The third-order valence-electron chi connectivity index (χ3n) is 2.77. The van der Waals surface area contributed by atoms with Crippen LogP contribution in [0, 0.1) is 0 Å². The Hall–Kier alpha value is -2.11. The van der Waals surface area contributed by atoms with E-state index in [4.69, 9.17) is 15.6 Å². The van der Waals surface area contributed by atoms with E-state index in [1.54, 1.807) is 6.92 Å². The maximum atomic E-state index is 12.8. The van der Waals surface area contributed by atoms with Gasteiger partial charge in [0.2, 0.25) is 0 Å². The van der Waals surface area contributed by atoms with Gasteiger partial charge in [-0.05, 0) is 25.1 Å². The fraction of sp³-hybridized carbons (Fsp3) is 0.400. The van der Waals surface area contributed by atoms with Crippen molar-refractivity contribution in [2.24, 2.45) is 5.73 Å². The summed E-state index contributed by atoms with van der Waals surface area (Å²) in [7, 11) is 0. The summed E-state index contributed by atoms with van der Waals surface area (Å²) in [6.45, 7) is 2.74. The molecule has 0 aliphatic carbocycles. The minimum Gasteiger partial charge on any atom is -0.481 e. The van der Waals surface area contributed by atoms with Crippen LogP contribution in [0.25, 0.3) is 5.69 Å². The van der Waals surface area contributed by atoms with Gasteiger partial charge in [-0.1, -0.05) is 17.8 Å². The highest BCUT2D eigenvalue weighted by atomic mass is 32.2. The van der Waals surface area contributed by atoms with Crippen LogP contribution in [0.3, 0.4) is 0 Å². The highest BCUT2D eigenvalue weighted by Gasteiger charge is 2.31. The Morgan fingerprint density at radius 2 is 2.00 bits per heavy atom. The summed E-state index contributed by atoms with van der Waals surface area (Å²) in [4.78, 5) is 9.00. The van der Waals surface area contributed by atoms with Crippen molar-refractivity contribution in [1.29, 1.82) is 0 Å². The Morgan fingerprint density at radius 3 is 2.50 bits per heavy atom. The third-order valence-corrected chi connectivity index (χ3v) is 3.94. The molecule has 0 radical (unpaired) electrons. The van der Waals surface area contributed by atoms with Gasteiger partial charge in [-0.15, -0.1) is 10.2 Å². The first kappa shape index (κ1) is 21.9. The molecule has 0 amide bonds. The van der Waals surface area contributed by atoms with Gasteiger partial charge < -0.3 is 15.9 Å². The second kappa shape index (κ2) is 9.55. The molecule has 4 N–H and O–H groups in total. The normalized spacial score (nSPS) is 12.3. The lowest BCUT2D eigenvalue weighted by atomic mass is 10.2. The molecule has 0 saturated carbocycles. The van der Waals surface area contributed by atoms with Gasteiger partial charge >= 0.3 is 6.18 Å². The van der Waals surface area contributed by atoms with E-state index in [9.17, 15) is 18.3 Å². The number of alkyl halides is 3. The molecule has 11 heteroatoms. The maximum absolute atomic E-state index is 12.8. The fourth-order valence-corrected chi connectivity index (χ4v) is 2.63. The Morgan fingerprint density at radius 1 is 1.38 bits per heavy atom. The second-order valence-electron chi connectivity index (χ2n) is 5.17. The van der Waals surface area contributed by atoms with Crippen molar-refractivity contribution < 1.29 is 28.2 Å². The summed E-state index contributed by atoms with van der Waals surface area (Å²) in [5.41, 5.74) is 5.11. The summed E-state index contributed by atoms with van der Waals surface area (Å²) in [6.07, 6.45) is -5.00. The molecular formula is C15H19F3N4O3S. The molecule has 1 aromatic carbocycles. The second-order valence-corrected chi connectivity index (χ2v) is 6.15. The van der Waals surface area contributed by atoms with E-state index in [1.165, 1.54) is 28.5 Å². The van der Waals surface area contributed by atoms with Crippen molar-refractivity contribution in [1.82, 2.24) is 14.8 Å². The molecule has 0 bridgehead atoms. The van der Waals surface area contributed by atoms with Crippen LogP contribution in [0.15, 0.2) is 29.4 Å². The monoisotopic (exact) mass is 392 g/mol. The van der Waals surface area contributed by atoms with Gasteiger partial charge in [0.15, 0.2) is 11.0 Å². The lowest BCUT2D eigenvalue weighted by Crippen LogP contribution is -2.11. The number of aromatic nitrogens is 3. The zero-order valence-electron chi connectivity index (χ0n) is 14.1. The maximum Gasteiger partial charge on any atom is 0.416 e. The van der Waals surface area contributed by atoms with Gasteiger partial charge in [0.05, 0.1) is 23.9 Å². The molecule has 0 saturated heterocycles. The number of aliphatic hydroxyl groups excluding tert-OH is 1. The van der Waals surface area contributed by atoms with E-state index in [2.05, 4.69) is 10.2 Å². The van der Waals surface area contributed by atoms with Crippen LogP contribution in [-0.4, -0.2) is 42.8 Å². The smallest absolute Gasteiger partial charge is 0.416 e. The highest BCUT2D eigenvalue weighted by molar-refractivity contribution is 7.99. The van der Waals surface area contributed by atoms with Crippen molar-refractivity contribution in [3.8, 4) is 5.69 Å². The van der Waals surface area contributed by atoms with Crippen LogP contribution in [0.4, 0.5) is 13.2 Å². The summed E-state index contributed by atoms with van der Waals surface area (Å²) < 4.78 is 40.0. The number of carboxylic acids is 1. The van der Waals surface area contributed by atoms with E-state index in [0.717, 1.165) is 19.1 Å². The fourth-order valence-electron chi connectivity index (χ4n) is 1.80. The van der Waals surface area contributed by atoms with Crippen molar-refractivity contribution >= 4 is 17.7 Å². The van der Waals surface area contributed by atoms with Crippen LogP contribution >= 0.6 is 11.8 Å². The van der Waals surface area contributed by atoms with Crippen molar-refractivity contribution in [2.45, 2.75) is 37.8 Å². The van der Waals surface area contributed by atoms with Gasteiger partial charge in [-0.3, -0.25) is 9.36 Å². The van der Waals surface area contributed by atoms with E-state index in [-0.39, 0.29) is 12.2 Å². The molecule has 0 aliphatic heterocycles. The van der Waals surface area contributed by atoms with Gasteiger partial charge in [-0.25, -0.2) is 0 Å². The molecule has 26 heavy (non-hydrogen) atoms. The van der Waals surface area contributed by atoms with Gasteiger partial charge in [0.1, 0.15) is 0 Å². The topological polar surface area (TPSA) is 114 Å². The van der Waals surface area contributed by atoms with Gasteiger partial charge in [0.25, 0.3) is 5.97 Å². The number of aliphatic hydroxyl groups is 1. The number of nitrogens with two attached hydrogens (primary N) is 1. The average Bonchev–Trinajstić information content (AvgIpc) is 2.94. The average molecular weight is 392 g/mol. The molecule has 144 valence electrons. The zero-order chi connectivity index (χ0) is 19.9. The summed E-state index contributed by atoms with van der Waals surface area (Å²) in [5.74, 6) is -0.130. The lowest BCUT2D eigenvalue weighted by molar-refractivity contribution is -0.137. The summed E-state index contributed by atoms with van der Waals surface area (Å²) in [5, 5.41) is 25.0. The number of aliphatic carboxylic acids is 1. The first-order valence-electron chi connectivity index (χ1n) is 7.38. The van der Waals surface area contributed by atoms with E-state index in [1.807, 2.05) is 0 Å². The molecule has 0 fully saturated rings. The Labute approximate surface area is 152 Å². The molecule has 2 rings (SSSR count). The molecular weight excluding hydrogens is 373 g/mol. The SMILES string of the molecule is CC(=O)O.CC(O)CSc1nnc(CN)n1-c1cccc(C(F)(F)F)c1. The number of nitrogens with zero attached hydrogens (tertiary/aromatic N) is 3.